The fourth-order valence-corrected chi connectivity index (χ4v) is 7.05. The van der Waals surface area contributed by atoms with E-state index >= 15 is 0 Å². The number of carbonyl (C=O) groups excluding carboxylic acids is 3. The lowest BCUT2D eigenvalue weighted by atomic mass is 10.2. The zero-order chi connectivity index (χ0) is 34.7. The first-order valence-electron chi connectivity index (χ1n) is 17.3. The first-order chi connectivity index (χ1) is 23.2. The number of benzene rings is 2. The van der Waals surface area contributed by atoms with Crippen molar-refractivity contribution in [2.45, 2.75) is 97.1 Å². The molecule has 7 rings (SSSR count). The molecule has 5 heterocycles. The number of fused-ring (bicyclic) bond motifs is 2. The third kappa shape index (κ3) is 6.75. The molecule has 13 nitrogen and oxygen atoms in total. The number of hydrogen-bond acceptors (Lipinski definition) is 7. The van der Waals surface area contributed by atoms with Gasteiger partial charge in [0.05, 0.1) is 34.2 Å². The molecule has 0 bridgehead atoms. The lowest BCUT2D eigenvalue weighted by molar-refractivity contribution is 0.0208. The van der Waals surface area contributed by atoms with Crippen LogP contribution >= 0.6 is 0 Å². The minimum Gasteiger partial charge on any atom is -0.444 e. The highest BCUT2D eigenvalue weighted by atomic mass is 16.6. The lowest BCUT2D eigenvalue weighted by Crippen LogP contribution is -2.36. The second kappa shape index (κ2) is 12.3. The van der Waals surface area contributed by atoms with Crippen LogP contribution in [0.15, 0.2) is 36.4 Å². The van der Waals surface area contributed by atoms with Crippen molar-refractivity contribution in [3.05, 3.63) is 53.6 Å². The first-order valence-corrected chi connectivity index (χ1v) is 17.3. The summed E-state index contributed by atoms with van der Waals surface area (Å²) >= 11 is 0. The van der Waals surface area contributed by atoms with E-state index in [0.717, 1.165) is 70.6 Å². The van der Waals surface area contributed by atoms with Gasteiger partial charge in [-0.3, -0.25) is 14.7 Å². The second-order valence-corrected chi connectivity index (χ2v) is 15.3. The molecule has 260 valence electrons. The molecule has 3 aliphatic rings. The number of anilines is 1. The standard InChI is InChI=1S/C36H46N8O5/c1-35(2,3)48-33(46)43-15-7-9-28(43)30-37-24-13-11-22(19-26(24)39-30)21-41-17-18-42(32(41)45)23-12-14-25-27(20-23)40-31(38-25)29-10-8-16-44(29)34(47)49-36(4,5)6/h11-14,19-20,28-29H,7-10,15-18,21H2,1-6H3,(H,37,39)(H,38,40)/t28-,29-/m1/s1. The number of H-pyrrole nitrogens is 2. The summed E-state index contributed by atoms with van der Waals surface area (Å²) in [5.74, 6) is 1.48. The number of aromatic nitrogens is 4. The summed E-state index contributed by atoms with van der Waals surface area (Å²) in [6, 6.07) is 11.4. The minimum atomic E-state index is -0.569. The molecule has 0 aliphatic carbocycles. The lowest BCUT2D eigenvalue weighted by Gasteiger charge is -2.27. The Morgan fingerprint density at radius 2 is 1.29 bits per heavy atom. The van der Waals surface area contributed by atoms with Gasteiger partial charge in [0, 0.05) is 38.4 Å². The summed E-state index contributed by atoms with van der Waals surface area (Å²) in [7, 11) is 0. The summed E-state index contributed by atoms with van der Waals surface area (Å²) in [6.45, 7) is 14.1. The van der Waals surface area contributed by atoms with Crippen LogP contribution in [0.1, 0.15) is 96.5 Å². The van der Waals surface area contributed by atoms with Crippen molar-refractivity contribution in [3.63, 3.8) is 0 Å². The summed E-state index contributed by atoms with van der Waals surface area (Å²) < 4.78 is 11.3. The molecule has 49 heavy (non-hydrogen) atoms. The molecular formula is C36H46N8O5. The predicted octanol–water partition coefficient (Wildman–Crippen LogP) is 7.03. The molecular weight excluding hydrogens is 624 g/mol. The number of amides is 4. The van der Waals surface area contributed by atoms with Crippen LogP contribution in [0.2, 0.25) is 0 Å². The van der Waals surface area contributed by atoms with Gasteiger partial charge in [-0.2, -0.15) is 0 Å². The van der Waals surface area contributed by atoms with Gasteiger partial charge in [-0.1, -0.05) is 6.07 Å². The Kier molecular flexibility index (Phi) is 8.19. The highest BCUT2D eigenvalue weighted by Gasteiger charge is 2.37. The van der Waals surface area contributed by atoms with E-state index in [2.05, 4.69) is 9.97 Å². The number of imidazole rings is 2. The van der Waals surface area contributed by atoms with Gasteiger partial charge in [0.15, 0.2) is 0 Å². The quantitative estimate of drug-likeness (QED) is 0.232. The van der Waals surface area contributed by atoms with Crippen molar-refractivity contribution in [2.75, 3.05) is 31.1 Å². The van der Waals surface area contributed by atoms with Gasteiger partial charge >= 0.3 is 18.2 Å². The smallest absolute Gasteiger partial charge is 0.410 e. The number of nitrogens with one attached hydrogen (secondary N) is 2. The second-order valence-electron chi connectivity index (χ2n) is 15.3. The van der Waals surface area contributed by atoms with Crippen molar-refractivity contribution in [3.8, 4) is 0 Å². The third-order valence-corrected chi connectivity index (χ3v) is 9.22. The summed E-state index contributed by atoms with van der Waals surface area (Å²) in [5, 5.41) is 0. The maximum absolute atomic E-state index is 13.6. The topological polar surface area (TPSA) is 140 Å². The van der Waals surface area contributed by atoms with Crippen molar-refractivity contribution in [1.29, 1.82) is 0 Å². The summed E-state index contributed by atoms with van der Waals surface area (Å²) in [5.41, 5.74) is 3.97. The Morgan fingerprint density at radius 3 is 1.84 bits per heavy atom. The Bertz CT molecular complexity index is 1900. The molecule has 13 heteroatoms. The average molecular weight is 671 g/mol. The fourth-order valence-electron chi connectivity index (χ4n) is 7.05. The van der Waals surface area contributed by atoms with Crippen molar-refractivity contribution >= 4 is 46.0 Å². The summed E-state index contributed by atoms with van der Waals surface area (Å²) in [6.07, 6.45) is 2.75. The third-order valence-electron chi connectivity index (χ3n) is 9.22. The molecule has 4 aromatic rings. The number of nitrogens with zero attached hydrogens (tertiary/aromatic N) is 6. The van der Waals surface area contributed by atoms with Crippen LogP contribution < -0.4 is 4.90 Å². The Hall–Kier alpha value is -4.81. The molecule has 4 amide bonds. The molecule has 0 saturated carbocycles. The number of rotatable bonds is 5. The van der Waals surface area contributed by atoms with E-state index in [1.165, 1.54) is 0 Å². The zero-order valence-corrected chi connectivity index (χ0v) is 29.2. The Balaban J connectivity index is 1.03. The van der Waals surface area contributed by atoms with Crippen LogP contribution in [-0.4, -0.2) is 90.2 Å². The van der Waals surface area contributed by atoms with E-state index in [1.807, 2.05) is 82.8 Å². The number of aromatic amines is 2. The van der Waals surface area contributed by atoms with Gasteiger partial charge in [0.25, 0.3) is 0 Å². The van der Waals surface area contributed by atoms with E-state index in [4.69, 9.17) is 19.4 Å². The average Bonchev–Trinajstić information content (AvgIpc) is 3.84. The molecule has 3 saturated heterocycles. The molecule has 0 unspecified atom stereocenters. The number of hydrogen-bond donors (Lipinski definition) is 2. The maximum atomic E-state index is 13.6. The molecule has 2 N–H and O–H groups in total. The van der Waals surface area contributed by atoms with E-state index in [9.17, 15) is 14.4 Å². The van der Waals surface area contributed by atoms with Gasteiger partial charge in [-0.05, 0) is 103 Å². The normalized spacial score (nSPS) is 20.3. The van der Waals surface area contributed by atoms with Crippen molar-refractivity contribution in [2.24, 2.45) is 0 Å². The molecule has 3 fully saturated rings. The van der Waals surface area contributed by atoms with Crippen LogP contribution in [0.4, 0.5) is 20.1 Å². The van der Waals surface area contributed by atoms with Crippen LogP contribution in [0.25, 0.3) is 22.1 Å². The Labute approximate surface area is 285 Å². The van der Waals surface area contributed by atoms with Crippen molar-refractivity contribution in [1.82, 2.24) is 34.6 Å². The number of ether oxygens (including phenoxy) is 2. The first kappa shape index (κ1) is 32.7. The van der Waals surface area contributed by atoms with Crippen LogP contribution in [-0.2, 0) is 16.0 Å². The van der Waals surface area contributed by atoms with Gasteiger partial charge < -0.3 is 24.3 Å². The monoisotopic (exact) mass is 670 g/mol. The highest BCUT2D eigenvalue weighted by Crippen LogP contribution is 2.35. The number of urea groups is 1. The number of likely N-dealkylation sites (tertiary alicyclic amines) is 2. The van der Waals surface area contributed by atoms with E-state index in [0.29, 0.717) is 32.7 Å². The van der Waals surface area contributed by atoms with Gasteiger partial charge in [-0.25, -0.2) is 24.4 Å². The van der Waals surface area contributed by atoms with Crippen LogP contribution in [0.3, 0.4) is 0 Å². The molecule has 2 aromatic heterocycles. The SMILES string of the molecule is CC(C)(C)OC(=O)N1CCC[C@@H]1c1nc2ccc(CN3CCN(c4ccc5nc([C@H]6CCCN6C(=O)OC(C)(C)C)[nH]c5c4)C3=O)cc2[nH]1. The molecule has 0 radical (unpaired) electrons. The van der Waals surface area contributed by atoms with Gasteiger partial charge in [0.1, 0.15) is 22.9 Å². The molecule has 0 spiro atoms. The van der Waals surface area contributed by atoms with Gasteiger partial charge in [0.2, 0.25) is 0 Å². The van der Waals surface area contributed by atoms with E-state index in [1.54, 1.807) is 14.7 Å². The van der Waals surface area contributed by atoms with E-state index < -0.39 is 11.2 Å². The number of carbonyl (C=O) groups is 3. The molecule has 2 aromatic carbocycles. The zero-order valence-electron chi connectivity index (χ0n) is 29.2. The van der Waals surface area contributed by atoms with Gasteiger partial charge in [-0.15, -0.1) is 0 Å². The Morgan fingerprint density at radius 1 is 0.755 bits per heavy atom. The minimum absolute atomic E-state index is 0.0599. The van der Waals surface area contributed by atoms with Crippen LogP contribution in [0.5, 0.6) is 0 Å². The van der Waals surface area contributed by atoms with E-state index in [-0.39, 0.29) is 30.3 Å². The molecule has 2 atom stereocenters. The molecule has 3 aliphatic heterocycles. The van der Waals surface area contributed by atoms with Crippen LogP contribution in [0, 0.1) is 0 Å². The highest BCUT2D eigenvalue weighted by molar-refractivity contribution is 5.96. The predicted molar refractivity (Wildman–Crippen MR) is 185 cm³/mol. The maximum Gasteiger partial charge on any atom is 0.410 e. The largest absolute Gasteiger partial charge is 0.444 e. The summed E-state index contributed by atoms with van der Waals surface area (Å²) in [4.78, 5) is 63.0. The van der Waals surface area contributed by atoms with Crippen molar-refractivity contribution < 1.29 is 23.9 Å². The fraction of sp³-hybridized carbons (Fsp3) is 0.528.